The fourth-order valence-electron chi connectivity index (χ4n) is 3.08. The first kappa shape index (κ1) is 11.6. The van der Waals surface area contributed by atoms with Crippen molar-refractivity contribution in [3.63, 3.8) is 0 Å². The van der Waals surface area contributed by atoms with Gasteiger partial charge in [-0.2, -0.15) is 0 Å². The summed E-state index contributed by atoms with van der Waals surface area (Å²) in [5.74, 6) is 0. The first-order valence-electron chi connectivity index (χ1n) is 7.08. The minimum absolute atomic E-state index is 0.0909. The third kappa shape index (κ3) is 1.43. The number of hydrogen-bond donors (Lipinski definition) is 0. The first-order chi connectivity index (χ1) is 10.9. The van der Waals surface area contributed by atoms with Crippen molar-refractivity contribution in [2.24, 2.45) is 0 Å². The third-order valence-electron chi connectivity index (χ3n) is 3.96. The molecule has 106 valence electrons. The van der Waals surface area contributed by atoms with Crippen molar-refractivity contribution in [3.8, 4) is 0 Å². The SMILES string of the molecule is c1cnn([B@-]2n3ccc[n+]3[B@@-](n3cccn3)n3ccc[n+]32)c1. The maximum absolute atomic E-state index is 4.41. The highest BCUT2D eigenvalue weighted by molar-refractivity contribution is 6.50. The van der Waals surface area contributed by atoms with Gasteiger partial charge >= 0.3 is 14.2 Å². The fraction of sp³-hybridized carbons (Fsp3) is 0. The quantitative estimate of drug-likeness (QED) is 0.369. The molecule has 22 heavy (non-hydrogen) atoms. The Morgan fingerprint density at radius 2 is 1.14 bits per heavy atom. The second-order valence-electron chi connectivity index (χ2n) is 5.17. The molecule has 0 saturated carbocycles. The van der Waals surface area contributed by atoms with E-state index < -0.39 is 0 Å². The molecule has 0 unspecified atom stereocenters. The average Bonchev–Trinajstić information content (AvgIpc) is 3.29. The fourth-order valence-corrected chi connectivity index (χ4v) is 3.08. The lowest BCUT2D eigenvalue weighted by molar-refractivity contribution is -0.705. The van der Waals surface area contributed by atoms with E-state index in [1.807, 2.05) is 70.6 Å². The molecule has 0 fully saturated rings. The molecule has 1 aliphatic heterocycles. The van der Waals surface area contributed by atoms with E-state index >= 15 is 0 Å². The molecule has 10 heteroatoms. The summed E-state index contributed by atoms with van der Waals surface area (Å²) in [7, 11) is -0.182. The lowest BCUT2D eigenvalue weighted by Gasteiger charge is -2.35. The number of nitrogens with zero attached hydrogens (tertiary/aromatic N) is 8. The summed E-state index contributed by atoms with van der Waals surface area (Å²) < 4.78 is 12.4. The van der Waals surface area contributed by atoms with Crippen molar-refractivity contribution in [1.82, 2.24) is 28.6 Å². The van der Waals surface area contributed by atoms with E-state index in [1.54, 1.807) is 12.4 Å². The van der Waals surface area contributed by atoms with E-state index in [-0.39, 0.29) is 14.2 Å². The van der Waals surface area contributed by atoms with Crippen molar-refractivity contribution >= 4 is 14.2 Å². The van der Waals surface area contributed by atoms with Gasteiger partial charge in [-0.25, -0.2) is 10.2 Å². The largest absolute Gasteiger partial charge is 0.543 e. The molecule has 0 saturated heterocycles. The minimum Gasteiger partial charge on any atom is -0.374 e. The van der Waals surface area contributed by atoms with Crippen LogP contribution in [0.1, 0.15) is 0 Å². The summed E-state index contributed by atoms with van der Waals surface area (Å²) in [6.45, 7) is 0. The van der Waals surface area contributed by atoms with Crippen LogP contribution in [0, 0.1) is 0 Å². The molecule has 8 nitrogen and oxygen atoms in total. The molecule has 5 heterocycles. The Morgan fingerprint density at radius 1 is 0.636 bits per heavy atom. The van der Waals surface area contributed by atoms with Crippen molar-refractivity contribution in [3.05, 3.63) is 73.8 Å². The third-order valence-corrected chi connectivity index (χ3v) is 3.96. The molecule has 4 aromatic heterocycles. The van der Waals surface area contributed by atoms with Crippen LogP contribution in [0.5, 0.6) is 0 Å². The summed E-state index contributed by atoms with van der Waals surface area (Å²) in [5, 5.41) is 8.82. The molecule has 0 bridgehead atoms. The summed E-state index contributed by atoms with van der Waals surface area (Å²) >= 11 is 0. The van der Waals surface area contributed by atoms with Gasteiger partial charge in [0.1, 0.15) is 12.4 Å². The van der Waals surface area contributed by atoms with Crippen molar-refractivity contribution in [2.45, 2.75) is 0 Å². The van der Waals surface area contributed by atoms with Gasteiger partial charge in [0, 0.05) is 36.9 Å². The Bertz CT molecular complexity index is 793. The molecule has 4 aromatic rings. The number of hydrogen-bond acceptors (Lipinski definition) is 2. The van der Waals surface area contributed by atoms with Gasteiger partial charge in [-0.1, -0.05) is 0 Å². The molecular formula is C12H12B2N8. The Kier molecular flexibility index (Phi) is 2.23. The van der Waals surface area contributed by atoms with E-state index in [9.17, 15) is 0 Å². The van der Waals surface area contributed by atoms with Crippen LogP contribution >= 0.6 is 0 Å². The van der Waals surface area contributed by atoms with Crippen LogP contribution in [0.25, 0.3) is 0 Å². The highest BCUT2D eigenvalue weighted by Crippen LogP contribution is 2.00. The van der Waals surface area contributed by atoms with Gasteiger partial charge in [0.2, 0.25) is 0 Å². The molecule has 1 aliphatic rings. The smallest absolute Gasteiger partial charge is 0.374 e. The van der Waals surface area contributed by atoms with E-state index in [4.69, 9.17) is 0 Å². The second-order valence-corrected chi connectivity index (χ2v) is 5.17. The molecule has 5 rings (SSSR count). The van der Waals surface area contributed by atoms with Gasteiger partial charge in [-0.15, -0.1) is 0 Å². The number of aromatic nitrogens is 8. The van der Waals surface area contributed by atoms with Gasteiger partial charge in [-0.3, -0.25) is 0 Å². The molecule has 2 radical (unpaired) electrons. The van der Waals surface area contributed by atoms with Gasteiger partial charge in [0.05, 0.1) is 0 Å². The Hall–Kier alpha value is -3.03. The van der Waals surface area contributed by atoms with Crippen LogP contribution in [0.3, 0.4) is 0 Å². The standard InChI is InChI=1S/C12H12B2N8/c1-5-15-17(7-1)13-19-9-3-11-21(19)14(18-8-2-6-16-18)22-12-4-10-20(13)22/h1-12H. The highest BCUT2D eigenvalue weighted by atomic mass is 15.6. The highest BCUT2D eigenvalue weighted by Gasteiger charge is 2.38. The Balaban J connectivity index is 1.78. The van der Waals surface area contributed by atoms with E-state index in [0.29, 0.717) is 0 Å². The second kappa shape index (κ2) is 4.23. The summed E-state index contributed by atoms with van der Waals surface area (Å²) in [6, 6.07) is 7.92. The van der Waals surface area contributed by atoms with Crippen LogP contribution in [-0.4, -0.2) is 42.8 Å². The van der Waals surface area contributed by atoms with Crippen molar-refractivity contribution < 1.29 is 9.19 Å². The first-order valence-corrected chi connectivity index (χ1v) is 7.08. The normalized spacial score (nSPS) is 14.9. The van der Waals surface area contributed by atoms with E-state index in [2.05, 4.69) is 28.6 Å². The lowest BCUT2D eigenvalue weighted by Crippen LogP contribution is -2.84. The summed E-state index contributed by atoms with van der Waals surface area (Å²) in [5.41, 5.74) is 0. The molecule has 0 amide bonds. The zero-order valence-electron chi connectivity index (χ0n) is 11.7. The summed E-state index contributed by atoms with van der Waals surface area (Å²) in [4.78, 5) is 0. The zero-order valence-corrected chi connectivity index (χ0v) is 11.7. The van der Waals surface area contributed by atoms with Crippen LogP contribution in [0.4, 0.5) is 0 Å². The van der Waals surface area contributed by atoms with Crippen molar-refractivity contribution in [2.75, 3.05) is 0 Å². The molecule has 0 aromatic carbocycles. The monoisotopic (exact) mass is 290 g/mol. The lowest BCUT2D eigenvalue weighted by atomic mass is 9.87. The number of fused-ring (bicyclic) bond motifs is 2. The maximum atomic E-state index is 4.41. The predicted molar refractivity (Wildman–Crippen MR) is 77.6 cm³/mol. The van der Waals surface area contributed by atoms with Crippen LogP contribution in [-0.2, 0) is 0 Å². The predicted octanol–water partition coefficient (Wildman–Crippen LogP) is -1.57. The molecule has 0 aliphatic carbocycles. The van der Waals surface area contributed by atoms with Crippen LogP contribution < -0.4 is 9.19 Å². The minimum atomic E-state index is -0.0909. The van der Waals surface area contributed by atoms with Gasteiger partial charge in [-0.05, 0) is 24.5 Å². The summed E-state index contributed by atoms with van der Waals surface area (Å²) in [6.07, 6.45) is 15.7. The molecule has 0 spiro atoms. The van der Waals surface area contributed by atoms with Gasteiger partial charge in [0.15, 0.2) is 0 Å². The maximum Gasteiger partial charge on any atom is 0.543 e. The van der Waals surface area contributed by atoms with Gasteiger partial charge in [0.25, 0.3) is 0 Å². The van der Waals surface area contributed by atoms with Gasteiger partial charge < -0.3 is 27.6 Å². The molecular weight excluding hydrogens is 278 g/mol. The number of rotatable bonds is 2. The van der Waals surface area contributed by atoms with E-state index in [1.165, 1.54) is 0 Å². The molecule has 0 atom stereocenters. The van der Waals surface area contributed by atoms with E-state index in [0.717, 1.165) is 0 Å². The average molecular weight is 290 g/mol. The zero-order chi connectivity index (χ0) is 14.5. The Labute approximate surface area is 126 Å². The topological polar surface area (TPSA) is 53.3 Å². The Morgan fingerprint density at radius 3 is 1.55 bits per heavy atom. The van der Waals surface area contributed by atoms with Crippen molar-refractivity contribution in [1.29, 1.82) is 0 Å². The van der Waals surface area contributed by atoms with Crippen LogP contribution in [0.15, 0.2) is 73.8 Å². The van der Waals surface area contributed by atoms with Crippen LogP contribution in [0.2, 0.25) is 0 Å². The molecule has 0 N–H and O–H groups in total.